The van der Waals surface area contributed by atoms with Crippen LogP contribution in [0.1, 0.15) is 66.4 Å². The summed E-state index contributed by atoms with van der Waals surface area (Å²) < 4.78 is 4.93. The lowest BCUT2D eigenvalue weighted by atomic mass is 9.87. The summed E-state index contributed by atoms with van der Waals surface area (Å²) in [7, 11) is 1.36. The third-order valence-corrected chi connectivity index (χ3v) is 7.59. The van der Waals surface area contributed by atoms with Crippen molar-refractivity contribution in [2.45, 2.75) is 64.5 Å². The van der Waals surface area contributed by atoms with Gasteiger partial charge in [-0.05, 0) is 78.6 Å². The van der Waals surface area contributed by atoms with E-state index < -0.39 is 12.0 Å². The molecule has 5 nitrogen and oxygen atoms in total. The van der Waals surface area contributed by atoms with E-state index in [9.17, 15) is 9.59 Å². The number of rotatable bonds is 12. The maximum atomic E-state index is 13.3. The van der Waals surface area contributed by atoms with Crippen LogP contribution in [-0.4, -0.2) is 43.6 Å². The number of thioether (sulfide) groups is 1. The second-order valence-electron chi connectivity index (χ2n) is 9.50. The van der Waals surface area contributed by atoms with Gasteiger partial charge in [-0.25, -0.2) is 4.79 Å². The van der Waals surface area contributed by atoms with Crippen molar-refractivity contribution >= 4 is 23.6 Å². The summed E-state index contributed by atoms with van der Waals surface area (Å²) in [6, 6.07) is 13.5. The van der Waals surface area contributed by atoms with Gasteiger partial charge in [-0.2, -0.15) is 11.8 Å². The fraction of sp³-hybridized carbons (Fsp3) is 0.517. The highest BCUT2D eigenvalue weighted by molar-refractivity contribution is 7.98. The molecule has 2 aromatic carbocycles. The first kappa shape index (κ1) is 27.3. The predicted molar refractivity (Wildman–Crippen MR) is 146 cm³/mol. The molecule has 1 saturated carbocycles. The molecule has 2 aromatic rings. The monoisotopic (exact) mass is 496 g/mol. The molecule has 6 heteroatoms. The summed E-state index contributed by atoms with van der Waals surface area (Å²) >= 11 is 1.64. The van der Waals surface area contributed by atoms with Crippen molar-refractivity contribution < 1.29 is 14.3 Å². The Hall–Kier alpha value is -2.31. The Bertz CT molecular complexity index is 972. The van der Waals surface area contributed by atoms with Gasteiger partial charge in [0.25, 0.3) is 5.91 Å². The van der Waals surface area contributed by atoms with E-state index in [-0.39, 0.29) is 5.91 Å². The Balaban J connectivity index is 1.76. The molecule has 0 unspecified atom stereocenters. The van der Waals surface area contributed by atoms with Crippen LogP contribution in [0.3, 0.4) is 0 Å². The van der Waals surface area contributed by atoms with E-state index in [1.807, 2.05) is 36.6 Å². The fourth-order valence-electron chi connectivity index (χ4n) is 4.87. The summed E-state index contributed by atoms with van der Waals surface area (Å²) in [5.74, 6) is 0.954. The van der Waals surface area contributed by atoms with Crippen molar-refractivity contribution in [3.8, 4) is 11.1 Å². The quantitative estimate of drug-likeness (QED) is 0.289. The molecule has 35 heavy (non-hydrogen) atoms. The molecule has 3 rings (SSSR count). The average molecular weight is 497 g/mol. The lowest BCUT2D eigenvalue weighted by Crippen LogP contribution is -2.42. The molecule has 0 aliphatic heterocycles. The Kier molecular flexibility index (Phi) is 11.1. The number of carbonyl (C=O) groups is 2. The standard InChI is InChI=1S/C29H40N2O3S/c1-21-9-7-8-12-24(21)26-19-23(20-30-17-15-22-10-5-4-6-11-22)13-14-25(26)28(32)31-27(16-18-35-3)29(33)34-2/h7-9,12-14,19,22,27,30H,4-6,10-11,15-18,20H2,1-3H3,(H,31,32)/t27-/m0/s1. The van der Waals surface area contributed by atoms with Crippen LogP contribution in [0.15, 0.2) is 42.5 Å². The van der Waals surface area contributed by atoms with E-state index in [1.165, 1.54) is 45.6 Å². The van der Waals surface area contributed by atoms with E-state index in [1.54, 1.807) is 11.8 Å². The highest BCUT2D eigenvalue weighted by atomic mass is 32.2. The van der Waals surface area contributed by atoms with Crippen LogP contribution in [0.4, 0.5) is 0 Å². The van der Waals surface area contributed by atoms with Gasteiger partial charge in [0.05, 0.1) is 7.11 Å². The van der Waals surface area contributed by atoms with E-state index in [0.29, 0.717) is 12.0 Å². The SMILES string of the molecule is COC(=O)[C@H](CCSC)NC(=O)c1ccc(CNCCC2CCCCC2)cc1-c1ccccc1C. The van der Waals surface area contributed by atoms with Crippen molar-refractivity contribution in [1.29, 1.82) is 0 Å². The lowest BCUT2D eigenvalue weighted by Gasteiger charge is -2.21. The number of hydrogen-bond acceptors (Lipinski definition) is 5. The minimum atomic E-state index is -0.661. The Morgan fingerprint density at radius 2 is 1.86 bits per heavy atom. The van der Waals surface area contributed by atoms with E-state index in [2.05, 4.69) is 29.7 Å². The molecule has 1 aliphatic rings. The van der Waals surface area contributed by atoms with Crippen LogP contribution in [0.25, 0.3) is 11.1 Å². The van der Waals surface area contributed by atoms with Crippen LogP contribution >= 0.6 is 11.8 Å². The molecule has 0 saturated heterocycles. The number of amides is 1. The molecule has 0 spiro atoms. The van der Waals surface area contributed by atoms with Crippen molar-refractivity contribution in [2.75, 3.05) is 25.7 Å². The topological polar surface area (TPSA) is 67.4 Å². The lowest BCUT2D eigenvalue weighted by molar-refractivity contribution is -0.142. The van der Waals surface area contributed by atoms with E-state index >= 15 is 0 Å². The molecule has 1 amide bonds. The molecular weight excluding hydrogens is 456 g/mol. The van der Waals surface area contributed by atoms with Gasteiger partial charge in [-0.1, -0.05) is 62.4 Å². The Labute approximate surface area is 214 Å². The van der Waals surface area contributed by atoms with Gasteiger partial charge in [-0.15, -0.1) is 0 Å². The van der Waals surface area contributed by atoms with Gasteiger partial charge in [0.1, 0.15) is 6.04 Å². The largest absolute Gasteiger partial charge is 0.467 e. The summed E-state index contributed by atoms with van der Waals surface area (Å²) in [4.78, 5) is 25.6. The molecule has 190 valence electrons. The number of benzene rings is 2. The van der Waals surface area contributed by atoms with E-state index in [0.717, 1.165) is 47.0 Å². The number of aryl methyl sites for hydroxylation is 1. The maximum Gasteiger partial charge on any atom is 0.328 e. The van der Waals surface area contributed by atoms with Crippen molar-refractivity contribution in [2.24, 2.45) is 5.92 Å². The zero-order chi connectivity index (χ0) is 25.0. The molecule has 0 bridgehead atoms. The number of nitrogens with one attached hydrogen (secondary N) is 2. The molecular formula is C29H40N2O3S. The number of hydrogen-bond donors (Lipinski definition) is 2. The van der Waals surface area contributed by atoms with Crippen molar-refractivity contribution in [3.05, 3.63) is 59.2 Å². The zero-order valence-electron chi connectivity index (χ0n) is 21.4. The number of carbonyl (C=O) groups excluding carboxylic acids is 2. The molecule has 0 aromatic heterocycles. The number of esters is 1. The Morgan fingerprint density at radius 1 is 1.09 bits per heavy atom. The van der Waals surface area contributed by atoms with Gasteiger partial charge in [0.15, 0.2) is 0 Å². The Morgan fingerprint density at radius 3 is 2.57 bits per heavy atom. The number of ether oxygens (including phenoxy) is 1. The minimum Gasteiger partial charge on any atom is -0.467 e. The molecule has 1 fully saturated rings. The normalized spacial score (nSPS) is 14.9. The van der Waals surface area contributed by atoms with Gasteiger partial charge in [0, 0.05) is 12.1 Å². The van der Waals surface area contributed by atoms with Gasteiger partial charge < -0.3 is 15.4 Å². The van der Waals surface area contributed by atoms with Crippen LogP contribution in [0, 0.1) is 12.8 Å². The summed E-state index contributed by atoms with van der Waals surface area (Å²) in [6.07, 6.45) is 10.6. The van der Waals surface area contributed by atoms with Crippen molar-refractivity contribution in [3.63, 3.8) is 0 Å². The third kappa shape index (κ3) is 8.11. The first-order valence-corrected chi connectivity index (χ1v) is 14.2. The summed E-state index contributed by atoms with van der Waals surface area (Å²) in [5.41, 5.74) is 4.75. The highest BCUT2D eigenvalue weighted by Crippen LogP contribution is 2.29. The highest BCUT2D eigenvalue weighted by Gasteiger charge is 2.24. The summed E-state index contributed by atoms with van der Waals surface area (Å²) in [5, 5.41) is 6.52. The predicted octanol–water partition coefficient (Wildman–Crippen LogP) is 5.75. The second kappa shape index (κ2) is 14.3. The first-order valence-electron chi connectivity index (χ1n) is 12.8. The first-order chi connectivity index (χ1) is 17.0. The van der Waals surface area contributed by atoms with Gasteiger partial charge >= 0.3 is 5.97 Å². The number of methoxy groups -OCH3 is 1. The van der Waals surface area contributed by atoms with Crippen LogP contribution < -0.4 is 10.6 Å². The molecule has 0 radical (unpaired) electrons. The summed E-state index contributed by atoms with van der Waals surface area (Å²) in [6.45, 7) is 3.84. The molecule has 0 heterocycles. The fourth-order valence-corrected chi connectivity index (χ4v) is 5.35. The average Bonchev–Trinajstić information content (AvgIpc) is 2.89. The smallest absolute Gasteiger partial charge is 0.328 e. The molecule has 1 atom stereocenters. The van der Waals surface area contributed by atoms with Crippen LogP contribution in [0.5, 0.6) is 0 Å². The maximum absolute atomic E-state index is 13.3. The van der Waals surface area contributed by atoms with E-state index in [4.69, 9.17) is 4.74 Å². The second-order valence-corrected chi connectivity index (χ2v) is 10.5. The van der Waals surface area contributed by atoms with Gasteiger partial charge in [-0.3, -0.25) is 4.79 Å². The van der Waals surface area contributed by atoms with Crippen LogP contribution in [0.2, 0.25) is 0 Å². The third-order valence-electron chi connectivity index (χ3n) is 6.95. The van der Waals surface area contributed by atoms with Crippen molar-refractivity contribution in [1.82, 2.24) is 10.6 Å². The molecule has 1 aliphatic carbocycles. The molecule has 2 N–H and O–H groups in total. The van der Waals surface area contributed by atoms with Crippen LogP contribution in [-0.2, 0) is 16.1 Å². The van der Waals surface area contributed by atoms with Gasteiger partial charge in [0.2, 0.25) is 0 Å². The zero-order valence-corrected chi connectivity index (χ0v) is 22.2. The minimum absolute atomic E-state index is 0.253.